The number of anilines is 1. The van der Waals surface area contributed by atoms with Crippen molar-refractivity contribution in [2.24, 2.45) is 7.05 Å². The van der Waals surface area contributed by atoms with E-state index in [1.165, 1.54) is 17.5 Å². The Morgan fingerprint density at radius 2 is 1.94 bits per heavy atom. The maximum Gasteiger partial charge on any atom is 0.267 e. The van der Waals surface area contributed by atoms with Gasteiger partial charge in [-0.25, -0.2) is 10.5 Å². The number of allylic oxidation sites excluding steroid dienone is 1. The molecule has 1 amide bonds. The van der Waals surface area contributed by atoms with Gasteiger partial charge in [-0.15, -0.1) is 23.2 Å². The van der Waals surface area contributed by atoms with Crippen LogP contribution in [0.4, 0.5) is 5.69 Å². The minimum absolute atomic E-state index is 0.558. The normalized spacial score (nSPS) is 13.1. The van der Waals surface area contributed by atoms with E-state index < -0.39 is 5.91 Å². The summed E-state index contributed by atoms with van der Waals surface area (Å²) in [5, 5.41) is 11.9. The van der Waals surface area contributed by atoms with Crippen LogP contribution in [0.15, 0.2) is 36.0 Å². The average Bonchev–Trinajstić information content (AvgIpc) is 3.13. The molecule has 1 aliphatic carbocycles. The number of carbonyl (C=O) groups is 1. The molecule has 0 saturated heterocycles. The van der Waals surface area contributed by atoms with Crippen molar-refractivity contribution in [2.45, 2.75) is 19.3 Å². The molecule has 0 saturated carbocycles. The maximum absolute atomic E-state index is 11.1. The van der Waals surface area contributed by atoms with Crippen LogP contribution in [0.3, 0.4) is 0 Å². The smallest absolute Gasteiger partial charge is 0.267 e. The van der Waals surface area contributed by atoms with Crippen LogP contribution in [0.25, 0.3) is 12.2 Å². The lowest BCUT2D eigenvalue weighted by Crippen LogP contribution is -2.28. The molecule has 9 heteroatoms. The van der Waals surface area contributed by atoms with Crippen molar-refractivity contribution in [1.29, 1.82) is 0 Å². The first-order valence-electron chi connectivity index (χ1n) is 10.6. The number of alkyl halides is 2. The number of fused-ring (bicyclic) bond motifs is 1. The zero-order chi connectivity index (χ0) is 22.9. The second-order valence-corrected chi connectivity index (χ2v) is 8.28. The molecule has 32 heavy (non-hydrogen) atoms. The van der Waals surface area contributed by atoms with Gasteiger partial charge in [0.1, 0.15) is 5.82 Å². The van der Waals surface area contributed by atoms with Crippen molar-refractivity contribution in [3.8, 4) is 0 Å². The first-order chi connectivity index (χ1) is 15.5. The van der Waals surface area contributed by atoms with Crippen molar-refractivity contribution in [3.05, 3.63) is 58.8 Å². The molecule has 0 atom stereocenters. The largest absolute Gasteiger partial charge is 0.385 e. The Bertz CT molecular complexity index is 964. The lowest BCUT2D eigenvalue weighted by atomic mass is 10.0. The molecular weight excluding hydrogens is 449 g/mol. The van der Waals surface area contributed by atoms with Crippen LogP contribution in [0.5, 0.6) is 0 Å². The van der Waals surface area contributed by atoms with Gasteiger partial charge in [0.05, 0.1) is 5.69 Å². The Hall–Kier alpha value is -2.48. The summed E-state index contributed by atoms with van der Waals surface area (Å²) in [5.41, 5.74) is 7.00. The molecule has 3 N–H and O–H groups in total. The first kappa shape index (κ1) is 24.2. The Kier molecular flexibility index (Phi) is 9.02. The monoisotopic (exact) mass is 477 g/mol. The van der Waals surface area contributed by atoms with Gasteiger partial charge in [0.2, 0.25) is 0 Å². The minimum Gasteiger partial charge on any atom is -0.385 e. The van der Waals surface area contributed by atoms with Gasteiger partial charge in [-0.3, -0.25) is 10.0 Å². The molecule has 0 fully saturated rings. The summed E-state index contributed by atoms with van der Waals surface area (Å²) in [7, 11) is 2.08. The number of nitrogens with one attached hydrogen (secondary N) is 2. The van der Waals surface area contributed by atoms with E-state index in [0.29, 0.717) is 11.8 Å². The number of carbonyl (C=O) groups excluding carboxylic acids is 1. The van der Waals surface area contributed by atoms with E-state index in [2.05, 4.69) is 27.9 Å². The summed E-state index contributed by atoms with van der Waals surface area (Å²) in [6.07, 6.45) is 7.82. The Morgan fingerprint density at radius 3 is 2.59 bits per heavy atom. The number of imidazole rings is 1. The lowest BCUT2D eigenvalue weighted by Gasteiger charge is -2.28. The van der Waals surface area contributed by atoms with Crippen molar-refractivity contribution < 1.29 is 10.0 Å². The van der Waals surface area contributed by atoms with Crippen molar-refractivity contribution in [3.63, 3.8) is 0 Å². The molecule has 1 heterocycles. The zero-order valence-electron chi connectivity index (χ0n) is 18.2. The molecule has 3 rings (SSSR count). The summed E-state index contributed by atoms with van der Waals surface area (Å²) in [4.78, 5) is 18.2. The van der Waals surface area contributed by atoms with E-state index in [0.717, 1.165) is 61.7 Å². The molecule has 2 aromatic rings. The van der Waals surface area contributed by atoms with Gasteiger partial charge >= 0.3 is 0 Å². The summed E-state index contributed by atoms with van der Waals surface area (Å²) >= 11 is 11.9. The molecule has 0 radical (unpaired) electrons. The van der Waals surface area contributed by atoms with Crippen LogP contribution in [0.2, 0.25) is 0 Å². The van der Waals surface area contributed by atoms with Crippen LogP contribution >= 0.6 is 23.2 Å². The van der Waals surface area contributed by atoms with Crippen LogP contribution in [-0.4, -0.2) is 57.0 Å². The highest BCUT2D eigenvalue weighted by atomic mass is 35.5. The molecule has 1 aliphatic rings. The Morgan fingerprint density at radius 1 is 1.22 bits per heavy atom. The van der Waals surface area contributed by atoms with Gasteiger partial charge in [0, 0.05) is 68.0 Å². The summed E-state index contributed by atoms with van der Waals surface area (Å²) in [5.74, 6) is 1.65. The van der Waals surface area contributed by atoms with Gasteiger partial charge < -0.3 is 14.8 Å². The molecule has 7 nitrogen and oxygen atoms in total. The zero-order valence-corrected chi connectivity index (χ0v) is 19.7. The number of amides is 1. The first-order valence-corrected chi connectivity index (χ1v) is 11.7. The molecule has 0 unspecified atom stereocenters. The van der Waals surface area contributed by atoms with E-state index in [1.54, 1.807) is 11.6 Å². The van der Waals surface area contributed by atoms with Gasteiger partial charge in [-0.05, 0) is 42.7 Å². The minimum atomic E-state index is -0.558. The third-order valence-corrected chi connectivity index (χ3v) is 5.84. The highest BCUT2D eigenvalue weighted by Gasteiger charge is 2.20. The van der Waals surface area contributed by atoms with Crippen LogP contribution in [-0.2, 0) is 24.7 Å². The number of benzene rings is 1. The van der Waals surface area contributed by atoms with E-state index in [4.69, 9.17) is 33.4 Å². The van der Waals surface area contributed by atoms with Crippen LogP contribution in [0, 0.1) is 0 Å². The van der Waals surface area contributed by atoms with Gasteiger partial charge in [-0.1, -0.05) is 12.1 Å². The van der Waals surface area contributed by atoms with Crippen molar-refractivity contribution in [2.75, 3.05) is 36.7 Å². The Labute approximate surface area is 198 Å². The number of hydroxylamine groups is 1. The summed E-state index contributed by atoms with van der Waals surface area (Å²) < 4.78 is 2.21. The lowest BCUT2D eigenvalue weighted by molar-refractivity contribution is -0.124. The maximum atomic E-state index is 11.1. The third kappa shape index (κ3) is 6.28. The molecular formula is C23H29Cl2N5O2. The fraction of sp³-hybridized carbons (Fsp3) is 0.391. The second kappa shape index (κ2) is 11.9. The van der Waals surface area contributed by atoms with Crippen molar-refractivity contribution >= 4 is 46.9 Å². The highest BCUT2D eigenvalue weighted by molar-refractivity contribution is 6.18. The van der Waals surface area contributed by atoms with E-state index in [9.17, 15) is 4.79 Å². The number of aromatic nitrogens is 2. The second-order valence-electron chi connectivity index (χ2n) is 7.53. The molecule has 172 valence electrons. The van der Waals surface area contributed by atoms with E-state index in [1.807, 2.05) is 24.3 Å². The predicted molar refractivity (Wildman–Crippen MR) is 130 cm³/mol. The number of rotatable bonds is 11. The number of nitrogens with zero attached hydrogens (tertiary/aromatic N) is 3. The standard InChI is InChI=1S/C23H29Cl2N5O2/c1-29-21-8-7-19(30(14-11-24)15-12-25)16-20(21)27-22(29)10-13-26-18-5-2-17(3-6-18)4-9-23(31)28-32/h2-6,9,16,26,32H,7-8,10-15H2,1H3,(H,28,31). The molecule has 1 aromatic carbocycles. The fourth-order valence-corrected chi connectivity index (χ4v) is 4.22. The third-order valence-electron chi connectivity index (χ3n) is 5.50. The summed E-state index contributed by atoms with van der Waals surface area (Å²) in [6, 6.07) is 7.72. The van der Waals surface area contributed by atoms with Crippen LogP contribution in [0.1, 0.15) is 29.2 Å². The average molecular weight is 478 g/mol. The molecule has 0 spiro atoms. The number of hydrogen-bond acceptors (Lipinski definition) is 5. The van der Waals surface area contributed by atoms with Crippen molar-refractivity contribution in [1.82, 2.24) is 19.9 Å². The van der Waals surface area contributed by atoms with E-state index >= 15 is 0 Å². The Balaban J connectivity index is 1.59. The predicted octanol–water partition coefficient (Wildman–Crippen LogP) is 3.66. The highest BCUT2D eigenvalue weighted by Crippen LogP contribution is 2.26. The van der Waals surface area contributed by atoms with Gasteiger partial charge in [0.25, 0.3) is 5.91 Å². The summed E-state index contributed by atoms with van der Waals surface area (Å²) in [6.45, 7) is 2.34. The van der Waals surface area contributed by atoms with E-state index in [-0.39, 0.29) is 0 Å². The SMILES string of the molecule is Cn1c(CCNc2ccc(C=CC(=O)NO)cc2)nc2c1CCC(N(CCCl)CCCl)=C2. The molecule has 1 aromatic heterocycles. The van der Waals surface area contributed by atoms with Crippen LogP contribution < -0.4 is 10.8 Å². The fourth-order valence-electron chi connectivity index (χ4n) is 3.81. The number of hydrogen-bond donors (Lipinski definition) is 3. The topological polar surface area (TPSA) is 82.4 Å². The van der Waals surface area contributed by atoms with Gasteiger partial charge in [-0.2, -0.15) is 0 Å². The molecule has 0 aliphatic heterocycles. The number of halogens is 2. The quantitative estimate of drug-likeness (QED) is 0.199. The molecule has 0 bridgehead atoms. The van der Waals surface area contributed by atoms with Gasteiger partial charge in [0.15, 0.2) is 0 Å².